The van der Waals surface area contributed by atoms with Crippen molar-refractivity contribution in [3.8, 4) is 6.07 Å². The number of nitrogens with two attached hydrogens (primary N) is 1. The van der Waals surface area contributed by atoms with Crippen LogP contribution in [0.15, 0.2) is 18.2 Å². The standard InChI is InChI=1S/C12H15N3O/c1-8-3-4-10(7-13)11(5-8)15-9(2)6-12(14)16/h3-5,9,15H,6H2,1-2H3,(H2,14,16). The van der Waals surface area contributed by atoms with Crippen LogP contribution in [0.3, 0.4) is 0 Å². The minimum atomic E-state index is -0.355. The maximum absolute atomic E-state index is 10.7. The van der Waals surface area contributed by atoms with Crippen molar-refractivity contribution in [1.82, 2.24) is 0 Å². The van der Waals surface area contributed by atoms with Crippen LogP contribution < -0.4 is 11.1 Å². The number of amides is 1. The summed E-state index contributed by atoms with van der Waals surface area (Å²) in [5.74, 6) is -0.355. The van der Waals surface area contributed by atoms with Crippen LogP contribution in [0, 0.1) is 18.3 Å². The van der Waals surface area contributed by atoms with Crippen LogP contribution in [0.25, 0.3) is 0 Å². The lowest BCUT2D eigenvalue weighted by atomic mass is 10.1. The molecule has 0 heterocycles. The summed E-state index contributed by atoms with van der Waals surface area (Å²) in [6.45, 7) is 3.80. The molecule has 3 N–H and O–H groups in total. The van der Waals surface area contributed by atoms with Gasteiger partial charge in [0.05, 0.1) is 11.3 Å². The summed E-state index contributed by atoms with van der Waals surface area (Å²) >= 11 is 0. The molecule has 0 aliphatic carbocycles. The number of hydrogen-bond donors (Lipinski definition) is 2. The first kappa shape index (κ1) is 12.1. The van der Waals surface area contributed by atoms with E-state index in [1.54, 1.807) is 6.07 Å². The molecule has 1 rings (SSSR count). The average molecular weight is 217 g/mol. The van der Waals surface area contributed by atoms with E-state index in [4.69, 9.17) is 11.0 Å². The zero-order valence-corrected chi connectivity index (χ0v) is 9.45. The van der Waals surface area contributed by atoms with Gasteiger partial charge in [-0.25, -0.2) is 0 Å². The van der Waals surface area contributed by atoms with E-state index in [2.05, 4.69) is 11.4 Å². The van der Waals surface area contributed by atoms with Crippen molar-refractivity contribution in [2.24, 2.45) is 5.73 Å². The molecule has 84 valence electrons. The van der Waals surface area contributed by atoms with E-state index < -0.39 is 0 Å². The van der Waals surface area contributed by atoms with Crippen LogP contribution in [0.1, 0.15) is 24.5 Å². The summed E-state index contributed by atoms with van der Waals surface area (Å²) in [5.41, 5.74) is 7.48. The maximum atomic E-state index is 10.7. The molecule has 0 radical (unpaired) electrons. The molecule has 0 saturated heterocycles. The van der Waals surface area contributed by atoms with Gasteiger partial charge in [0.15, 0.2) is 0 Å². The van der Waals surface area contributed by atoms with Crippen molar-refractivity contribution in [3.05, 3.63) is 29.3 Å². The van der Waals surface area contributed by atoms with E-state index in [0.717, 1.165) is 11.3 Å². The predicted octanol–water partition coefficient (Wildman–Crippen LogP) is 1.54. The summed E-state index contributed by atoms with van der Waals surface area (Å²) in [4.78, 5) is 10.7. The van der Waals surface area contributed by atoms with Gasteiger partial charge in [-0.1, -0.05) is 6.07 Å². The fourth-order valence-electron chi connectivity index (χ4n) is 1.49. The summed E-state index contributed by atoms with van der Waals surface area (Å²) in [6.07, 6.45) is 0.249. The van der Waals surface area contributed by atoms with Crippen molar-refractivity contribution in [2.75, 3.05) is 5.32 Å². The number of primary amides is 1. The number of hydrogen-bond acceptors (Lipinski definition) is 3. The van der Waals surface area contributed by atoms with Crippen LogP contribution in [0.2, 0.25) is 0 Å². The fraction of sp³-hybridized carbons (Fsp3) is 0.333. The number of nitrogens with zero attached hydrogens (tertiary/aromatic N) is 1. The van der Waals surface area contributed by atoms with E-state index in [1.807, 2.05) is 26.0 Å². The molecule has 1 atom stereocenters. The fourth-order valence-corrected chi connectivity index (χ4v) is 1.49. The first-order valence-electron chi connectivity index (χ1n) is 5.08. The Hall–Kier alpha value is -2.02. The Labute approximate surface area is 95.1 Å². The van der Waals surface area contributed by atoms with Gasteiger partial charge in [0.2, 0.25) is 5.91 Å². The van der Waals surface area contributed by atoms with Gasteiger partial charge in [-0.15, -0.1) is 0 Å². The number of carbonyl (C=O) groups excluding carboxylic acids is 1. The van der Waals surface area contributed by atoms with Gasteiger partial charge >= 0.3 is 0 Å². The third-order valence-corrected chi connectivity index (χ3v) is 2.20. The van der Waals surface area contributed by atoms with E-state index >= 15 is 0 Å². The highest BCUT2D eigenvalue weighted by molar-refractivity contribution is 5.75. The van der Waals surface area contributed by atoms with Crippen LogP contribution in [-0.4, -0.2) is 11.9 Å². The first-order chi connectivity index (χ1) is 7.52. The molecule has 0 saturated carbocycles. The highest BCUT2D eigenvalue weighted by Crippen LogP contribution is 2.18. The number of benzene rings is 1. The van der Waals surface area contributed by atoms with Gasteiger partial charge in [-0.05, 0) is 31.5 Å². The lowest BCUT2D eigenvalue weighted by Crippen LogP contribution is -2.24. The molecule has 0 aliphatic heterocycles. The van der Waals surface area contributed by atoms with E-state index in [0.29, 0.717) is 5.56 Å². The number of aryl methyl sites for hydroxylation is 1. The molecule has 1 aromatic rings. The van der Waals surface area contributed by atoms with Crippen molar-refractivity contribution in [3.63, 3.8) is 0 Å². The van der Waals surface area contributed by atoms with Crippen LogP contribution >= 0.6 is 0 Å². The second-order valence-electron chi connectivity index (χ2n) is 3.88. The second-order valence-corrected chi connectivity index (χ2v) is 3.88. The molecule has 0 spiro atoms. The van der Waals surface area contributed by atoms with Gasteiger partial charge < -0.3 is 11.1 Å². The summed E-state index contributed by atoms with van der Waals surface area (Å²) in [5, 5.41) is 12.0. The van der Waals surface area contributed by atoms with Gasteiger partial charge in [-0.3, -0.25) is 4.79 Å². The highest BCUT2D eigenvalue weighted by atomic mass is 16.1. The third-order valence-electron chi connectivity index (χ3n) is 2.20. The number of anilines is 1. The quantitative estimate of drug-likeness (QED) is 0.803. The minimum Gasteiger partial charge on any atom is -0.381 e. The molecule has 1 amide bonds. The van der Waals surface area contributed by atoms with E-state index in [-0.39, 0.29) is 18.4 Å². The Morgan fingerprint density at radius 1 is 1.62 bits per heavy atom. The van der Waals surface area contributed by atoms with Crippen molar-refractivity contribution in [2.45, 2.75) is 26.3 Å². The Bertz CT molecular complexity index is 434. The Morgan fingerprint density at radius 2 is 2.31 bits per heavy atom. The smallest absolute Gasteiger partial charge is 0.219 e. The van der Waals surface area contributed by atoms with Gasteiger partial charge in [0.25, 0.3) is 0 Å². The predicted molar refractivity (Wildman–Crippen MR) is 62.8 cm³/mol. The second kappa shape index (κ2) is 5.17. The van der Waals surface area contributed by atoms with E-state index in [9.17, 15) is 4.79 Å². The van der Waals surface area contributed by atoms with Crippen molar-refractivity contribution < 1.29 is 4.79 Å². The Balaban J connectivity index is 2.84. The summed E-state index contributed by atoms with van der Waals surface area (Å²) in [7, 11) is 0. The Morgan fingerprint density at radius 3 is 2.88 bits per heavy atom. The zero-order valence-electron chi connectivity index (χ0n) is 9.45. The minimum absolute atomic E-state index is 0.0774. The molecule has 16 heavy (non-hydrogen) atoms. The molecule has 1 aromatic carbocycles. The van der Waals surface area contributed by atoms with Crippen LogP contribution in [0.4, 0.5) is 5.69 Å². The number of nitrogens with one attached hydrogen (secondary N) is 1. The SMILES string of the molecule is Cc1ccc(C#N)c(NC(C)CC(N)=O)c1. The molecular weight excluding hydrogens is 202 g/mol. The number of carbonyl (C=O) groups is 1. The third kappa shape index (κ3) is 3.28. The number of rotatable bonds is 4. The molecule has 4 heteroatoms. The lowest BCUT2D eigenvalue weighted by molar-refractivity contribution is -0.118. The summed E-state index contributed by atoms with van der Waals surface area (Å²) < 4.78 is 0. The Kier molecular flexibility index (Phi) is 3.90. The normalized spacial score (nSPS) is 11.6. The molecule has 0 fully saturated rings. The van der Waals surface area contributed by atoms with E-state index in [1.165, 1.54) is 0 Å². The lowest BCUT2D eigenvalue weighted by Gasteiger charge is -2.15. The van der Waals surface area contributed by atoms with Crippen LogP contribution in [0.5, 0.6) is 0 Å². The average Bonchev–Trinajstić information content (AvgIpc) is 2.16. The van der Waals surface area contributed by atoms with Gasteiger partial charge in [0, 0.05) is 12.5 Å². The topological polar surface area (TPSA) is 78.9 Å². The molecule has 4 nitrogen and oxygen atoms in total. The number of nitriles is 1. The molecule has 0 bridgehead atoms. The molecule has 0 aromatic heterocycles. The summed E-state index contributed by atoms with van der Waals surface area (Å²) in [6, 6.07) is 7.55. The molecule has 0 aliphatic rings. The van der Waals surface area contributed by atoms with Crippen molar-refractivity contribution >= 4 is 11.6 Å². The van der Waals surface area contributed by atoms with Gasteiger partial charge in [-0.2, -0.15) is 5.26 Å². The monoisotopic (exact) mass is 217 g/mol. The molecule has 1 unspecified atom stereocenters. The van der Waals surface area contributed by atoms with Crippen LogP contribution in [-0.2, 0) is 4.79 Å². The zero-order chi connectivity index (χ0) is 12.1. The maximum Gasteiger partial charge on any atom is 0.219 e. The highest BCUT2D eigenvalue weighted by Gasteiger charge is 2.08. The first-order valence-corrected chi connectivity index (χ1v) is 5.08. The van der Waals surface area contributed by atoms with Crippen molar-refractivity contribution in [1.29, 1.82) is 5.26 Å². The van der Waals surface area contributed by atoms with Gasteiger partial charge in [0.1, 0.15) is 6.07 Å². The largest absolute Gasteiger partial charge is 0.381 e. The molecular formula is C12H15N3O.